The Morgan fingerprint density at radius 1 is 1.44 bits per heavy atom. The third kappa shape index (κ3) is 4.77. The molecule has 1 amide bonds. The van der Waals surface area contributed by atoms with Crippen molar-refractivity contribution in [3.8, 4) is 0 Å². The zero-order valence-corrected chi connectivity index (χ0v) is 11.3. The van der Waals surface area contributed by atoms with E-state index in [9.17, 15) is 4.79 Å². The Hall–Kier alpha value is -0.870. The molecule has 1 aromatic rings. The Balaban J connectivity index is 2.35. The van der Waals surface area contributed by atoms with E-state index >= 15 is 0 Å². The summed E-state index contributed by atoms with van der Waals surface area (Å²) in [6.07, 6.45) is 0.965. The second kappa shape index (κ2) is 6.66. The van der Waals surface area contributed by atoms with E-state index in [1.165, 1.54) is 0 Å². The molecular formula is C12H17BrN2O. The first-order chi connectivity index (χ1) is 7.59. The molecule has 0 fully saturated rings. The molecule has 88 valence electrons. The van der Waals surface area contributed by atoms with Crippen LogP contribution >= 0.6 is 15.9 Å². The molecule has 4 heteroatoms. The summed E-state index contributed by atoms with van der Waals surface area (Å²) in [4.78, 5) is 13.8. The lowest BCUT2D eigenvalue weighted by atomic mass is 10.2. The molecule has 0 aliphatic rings. The summed E-state index contributed by atoms with van der Waals surface area (Å²) in [6.45, 7) is 1.70. The van der Waals surface area contributed by atoms with Crippen molar-refractivity contribution in [3.05, 3.63) is 34.3 Å². The Kier molecular flexibility index (Phi) is 5.49. The smallest absolute Gasteiger partial charge is 0.251 e. The first-order valence-corrected chi connectivity index (χ1v) is 6.07. The van der Waals surface area contributed by atoms with Gasteiger partial charge in [0.05, 0.1) is 0 Å². The molecule has 0 aromatic heterocycles. The minimum absolute atomic E-state index is 0.0138. The molecule has 1 rings (SSSR count). The highest BCUT2D eigenvalue weighted by Gasteiger charge is 2.04. The summed E-state index contributed by atoms with van der Waals surface area (Å²) >= 11 is 3.34. The van der Waals surface area contributed by atoms with Gasteiger partial charge >= 0.3 is 0 Å². The van der Waals surface area contributed by atoms with Gasteiger partial charge in [-0.3, -0.25) is 4.79 Å². The van der Waals surface area contributed by atoms with E-state index in [1.54, 1.807) is 0 Å². The monoisotopic (exact) mass is 284 g/mol. The maximum Gasteiger partial charge on any atom is 0.251 e. The van der Waals surface area contributed by atoms with Crippen molar-refractivity contribution in [1.29, 1.82) is 0 Å². The highest BCUT2D eigenvalue weighted by Crippen LogP contribution is 2.11. The number of amides is 1. The van der Waals surface area contributed by atoms with Crippen molar-refractivity contribution >= 4 is 21.8 Å². The molecule has 0 saturated heterocycles. The van der Waals surface area contributed by atoms with Crippen molar-refractivity contribution in [1.82, 2.24) is 10.2 Å². The second-order valence-electron chi connectivity index (χ2n) is 3.92. The van der Waals surface area contributed by atoms with E-state index < -0.39 is 0 Å². The highest BCUT2D eigenvalue weighted by molar-refractivity contribution is 9.10. The normalized spacial score (nSPS) is 10.5. The van der Waals surface area contributed by atoms with Crippen molar-refractivity contribution in [2.45, 2.75) is 6.42 Å². The zero-order chi connectivity index (χ0) is 12.0. The summed E-state index contributed by atoms with van der Waals surface area (Å²) in [5.74, 6) is -0.0138. The molecule has 0 heterocycles. The molecule has 1 aromatic carbocycles. The van der Waals surface area contributed by atoms with Crippen LogP contribution in [0.15, 0.2) is 28.7 Å². The average Bonchev–Trinajstić information content (AvgIpc) is 2.24. The van der Waals surface area contributed by atoms with E-state index in [-0.39, 0.29) is 5.91 Å². The zero-order valence-electron chi connectivity index (χ0n) is 9.66. The number of halogens is 1. The van der Waals surface area contributed by atoms with Gasteiger partial charge in [0.2, 0.25) is 0 Å². The minimum atomic E-state index is -0.0138. The Morgan fingerprint density at radius 2 is 2.19 bits per heavy atom. The fraction of sp³-hybridized carbons (Fsp3) is 0.417. The molecule has 0 atom stereocenters. The van der Waals surface area contributed by atoms with E-state index in [4.69, 9.17) is 0 Å². The lowest BCUT2D eigenvalue weighted by molar-refractivity contribution is 0.0952. The van der Waals surface area contributed by atoms with Gasteiger partial charge in [0.15, 0.2) is 0 Å². The molecule has 1 N–H and O–H groups in total. The van der Waals surface area contributed by atoms with Gasteiger partial charge in [-0.2, -0.15) is 0 Å². The molecule has 3 nitrogen and oxygen atoms in total. The van der Waals surface area contributed by atoms with Crippen molar-refractivity contribution < 1.29 is 4.79 Å². The van der Waals surface area contributed by atoms with Crippen LogP contribution in [0, 0.1) is 0 Å². The van der Waals surface area contributed by atoms with Gasteiger partial charge in [0, 0.05) is 16.6 Å². The largest absolute Gasteiger partial charge is 0.352 e. The SMILES string of the molecule is CN(C)CCCNC(=O)c1cccc(Br)c1. The van der Waals surface area contributed by atoms with Crippen LogP contribution in [0.25, 0.3) is 0 Å². The van der Waals surface area contributed by atoms with Gasteiger partial charge in [-0.25, -0.2) is 0 Å². The molecular weight excluding hydrogens is 268 g/mol. The average molecular weight is 285 g/mol. The molecule has 0 unspecified atom stereocenters. The summed E-state index contributed by atoms with van der Waals surface area (Å²) in [7, 11) is 4.05. The standard InChI is InChI=1S/C12H17BrN2O/c1-15(2)8-4-7-14-12(16)10-5-3-6-11(13)9-10/h3,5-6,9H,4,7-8H2,1-2H3,(H,14,16). The van der Waals surface area contributed by atoms with Crippen LogP contribution < -0.4 is 5.32 Å². The topological polar surface area (TPSA) is 32.3 Å². The molecule has 16 heavy (non-hydrogen) atoms. The van der Waals surface area contributed by atoms with Gasteiger partial charge < -0.3 is 10.2 Å². The summed E-state index contributed by atoms with van der Waals surface area (Å²) < 4.78 is 0.924. The molecule has 0 saturated carbocycles. The van der Waals surface area contributed by atoms with E-state index in [0.717, 1.165) is 17.4 Å². The van der Waals surface area contributed by atoms with E-state index in [1.807, 2.05) is 38.4 Å². The van der Waals surface area contributed by atoms with E-state index in [2.05, 4.69) is 26.1 Å². The van der Waals surface area contributed by atoms with Gasteiger partial charge in [0.1, 0.15) is 0 Å². The number of carbonyl (C=O) groups excluding carboxylic acids is 1. The third-order valence-corrected chi connectivity index (χ3v) is 2.65. The van der Waals surface area contributed by atoms with Crippen LogP contribution in [0.1, 0.15) is 16.8 Å². The van der Waals surface area contributed by atoms with Crippen LogP contribution in [-0.2, 0) is 0 Å². The fourth-order valence-electron chi connectivity index (χ4n) is 1.33. The number of hydrogen-bond acceptors (Lipinski definition) is 2. The molecule has 0 bridgehead atoms. The van der Waals surface area contributed by atoms with Crippen LogP contribution in [0.3, 0.4) is 0 Å². The number of hydrogen-bond donors (Lipinski definition) is 1. The highest BCUT2D eigenvalue weighted by atomic mass is 79.9. The van der Waals surface area contributed by atoms with Gasteiger partial charge in [0.25, 0.3) is 5.91 Å². The lowest BCUT2D eigenvalue weighted by Gasteiger charge is -2.09. The van der Waals surface area contributed by atoms with Crippen LogP contribution in [0.5, 0.6) is 0 Å². The first-order valence-electron chi connectivity index (χ1n) is 5.28. The molecule has 0 aliphatic carbocycles. The lowest BCUT2D eigenvalue weighted by Crippen LogP contribution is -2.27. The van der Waals surface area contributed by atoms with Crippen molar-refractivity contribution in [2.75, 3.05) is 27.2 Å². The third-order valence-electron chi connectivity index (χ3n) is 2.15. The van der Waals surface area contributed by atoms with Crippen LogP contribution in [-0.4, -0.2) is 38.0 Å². The first kappa shape index (κ1) is 13.2. The fourth-order valence-corrected chi connectivity index (χ4v) is 1.73. The van der Waals surface area contributed by atoms with Crippen molar-refractivity contribution in [3.63, 3.8) is 0 Å². The molecule has 0 radical (unpaired) electrons. The molecule has 0 aliphatic heterocycles. The van der Waals surface area contributed by atoms with Crippen molar-refractivity contribution in [2.24, 2.45) is 0 Å². The van der Waals surface area contributed by atoms with E-state index in [0.29, 0.717) is 12.1 Å². The number of rotatable bonds is 5. The Morgan fingerprint density at radius 3 is 2.81 bits per heavy atom. The summed E-state index contributed by atoms with van der Waals surface area (Å²) in [5.41, 5.74) is 0.694. The maximum absolute atomic E-state index is 11.7. The Bertz CT molecular complexity index is 353. The Labute approximate surface area is 105 Å². The minimum Gasteiger partial charge on any atom is -0.352 e. The predicted molar refractivity (Wildman–Crippen MR) is 69.6 cm³/mol. The number of carbonyl (C=O) groups is 1. The summed E-state index contributed by atoms with van der Waals surface area (Å²) in [6, 6.07) is 7.40. The number of nitrogens with zero attached hydrogens (tertiary/aromatic N) is 1. The predicted octanol–water partition coefficient (Wildman–Crippen LogP) is 2.13. The molecule has 0 spiro atoms. The summed E-state index contributed by atoms with van der Waals surface area (Å²) in [5, 5.41) is 2.90. The van der Waals surface area contributed by atoms with Crippen LogP contribution in [0.4, 0.5) is 0 Å². The number of benzene rings is 1. The quantitative estimate of drug-likeness (QED) is 0.841. The number of nitrogens with one attached hydrogen (secondary N) is 1. The second-order valence-corrected chi connectivity index (χ2v) is 4.84. The van der Waals surface area contributed by atoms with Gasteiger partial charge in [-0.15, -0.1) is 0 Å². The van der Waals surface area contributed by atoms with Gasteiger partial charge in [-0.1, -0.05) is 22.0 Å². The van der Waals surface area contributed by atoms with Crippen LogP contribution in [0.2, 0.25) is 0 Å². The van der Waals surface area contributed by atoms with Gasteiger partial charge in [-0.05, 0) is 45.3 Å². The maximum atomic E-state index is 11.7.